The molecule has 0 unspecified atom stereocenters. The van der Waals surface area contributed by atoms with E-state index < -0.39 is 6.03 Å². The molecule has 0 aliphatic heterocycles. The van der Waals surface area contributed by atoms with Crippen molar-refractivity contribution in [2.45, 2.75) is 20.3 Å². The van der Waals surface area contributed by atoms with Crippen molar-refractivity contribution in [1.82, 2.24) is 0 Å². The number of nitrogens with one attached hydrogen (secondary N) is 2. The first-order valence-corrected chi connectivity index (χ1v) is 5.48. The van der Waals surface area contributed by atoms with Gasteiger partial charge < -0.3 is 16.4 Å². The lowest BCUT2D eigenvalue weighted by atomic mass is 10.1. The largest absolute Gasteiger partial charge is 0.385 e. The number of benzene rings is 1. The van der Waals surface area contributed by atoms with Crippen LogP contribution in [0.2, 0.25) is 0 Å². The number of primary amides is 1. The van der Waals surface area contributed by atoms with Gasteiger partial charge in [0.15, 0.2) is 0 Å². The minimum atomic E-state index is -0.541. The molecule has 0 saturated carbocycles. The fourth-order valence-electron chi connectivity index (χ4n) is 1.32. The number of rotatable bonds is 5. The average Bonchev–Trinajstić information content (AvgIpc) is 2.19. The molecular weight excluding hydrogens is 202 g/mol. The molecule has 0 saturated heterocycles. The van der Waals surface area contributed by atoms with Crippen LogP contribution in [0.3, 0.4) is 0 Å². The van der Waals surface area contributed by atoms with E-state index in [4.69, 9.17) is 5.73 Å². The molecule has 4 heteroatoms. The summed E-state index contributed by atoms with van der Waals surface area (Å²) in [6.07, 6.45) is 1.14. The van der Waals surface area contributed by atoms with Crippen LogP contribution in [0.25, 0.3) is 0 Å². The van der Waals surface area contributed by atoms with Crippen molar-refractivity contribution in [3.63, 3.8) is 0 Å². The number of hydrogen-bond donors (Lipinski definition) is 3. The second-order valence-corrected chi connectivity index (χ2v) is 4.18. The minimum absolute atomic E-state index is 0.541. The van der Waals surface area contributed by atoms with E-state index in [1.165, 1.54) is 0 Å². The summed E-state index contributed by atoms with van der Waals surface area (Å²) in [6, 6.07) is 6.95. The molecule has 4 N–H and O–H groups in total. The fraction of sp³-hybridized carbons (Fsp3) is 0.417. The Labute approximate surface area is 96.2 Å². The number of carbonyl (C=O) groups is 1. The average molecular weight is 221 g/mol. The first kappa shape index (κ1) is 12.4. The normalized spacial score (nSPS) is 10.2. The fourth-order valence-corrected chi connectivity index (χ4v) is 1.32. The van der Waals surface area contributed by atoms with Gasteiger partial charge in [-0.3, -0.25) is 0 Å². The highest BCUT2D eigenvalue weighted by molar-refractivity contribution is 5.87. The lowest BCUT2D eigenvalue weighted by Crippen LogP contribution is -2.19. The van der Waals surface area contributed by atoms with Crippen LogP contribution in [0.5, 0.6) is 0 Å². The van der Waals surface area contributed by atoms with Crippen LogP contribution in [0.1, 0.15) is 20.3 Å². The molecule has 0 aliphatic rings. The third kappa shape index (κ3) is 4.68. The number of urea groups is 1. The van der Waals surface area contributed by atoms with E-state index in [-0.39, 0.29) is 0 Å². The van der Waals surface area contributed by atoms with Gasteiger partial charge in [0.1, 0.15) is 0 Å². The molecule has 0 atom stereocenters. The van der Waals surface area contributed by atoms with E-state index in [9.17, 15) is 4.79 Å². The van der Waals surface area contributed by atoms with Crippen LogP contribution in [-0.4, -0.2) is 12.6 Å². The van der Waals surface area contributed by atoms with Gasteiger partial charge in [0.05, 0.1) is 0 Å². The van der Waals surface area contributed by atoms with Gasteiger partial charge in [-0.2, -0.15) is 0 Å². The van der Waals surface area contributed by atoms with Crippen LogP contribution in [0.4, 0.5) is 16.2 Å². The molecular formula is C12H19N3O. The van der Waals surface area contributed by atoms with Crippen molar-refractivity contribution in [3.05, 3.63) is 24.3 Å². The smallest absolute Gasteiger partial charge is 0.316 e. The van der Waals surface area contributed by atoms with Gasteiger partial charge in [-0.1, -0.05) is 13.8 Å². The molecule has 0 aromatic heterocycles. The molecule has 1 aromatic rings. The monoisotopic (exact) mass is 221 g/mol. The number of nitrogens with two attached hydrogens (primary N) is 1. The molecule has 0 heterocycles. The van der Waals surface area contributed by atoms with Crippen molar-refractivity contribution < 1.29 is 4.79 Å². The van der Waals surface area contributed by atoms with Gasteiger partial charge >= 0.3 is 6.03 Å². The standard InChI is InChI=1S/C12H19N3O/c1-9(2)7-8-14-10-3-5-11(6-4-10)15-12(13)16/h3-6,9,14H,7-8H2,1-2H3,(H3,13,15,16). The van der Waals surface area contributed by atoms with E-state index in [1.54, 1.807) is 0 Å². The summed E-state index contributed by atoms with van der Waals surface area (Å²) < 4.78 is 0. The van der Waals surface area contributed by atoms with Crippen molar-refractivity contribution in [3.8, 4) is 0 Å². The molecule has 0 aliphatic carbocycles. The van der Waals surface area contributed by atoms with E-state index in [1.807, 2.05) is 24.3 Å². The number of hydrogen-bond acceptors (Lipinski definition) is 2. The van der Waals surface area contributed by atoms with Crippen LogP contribution in [-0.2, 0) is 0 Å². The second kappa shape index (κ2) is 6.00. The Morgan fingerprint density at radius 2 is 1.81 bits per heavy atom. The van der Waals surface area contributed by atoms with Gasteiger partial charge in [0.2, 0.25) is 0 Å². The highest BCUT2D eigenvalue weighted by Gasteiger charge is 1.97. The predicted molar refractivity (Wildman–Crippen MR) is 67.6 cm³/mol. The maximum atomic E-state index is 10.6. The molecule has 1 aromatic carbocycles. The Morgan fingerprint density at radius 1 is 1.25 bits per heavy atom. The lowest BCUT2D eigenvalue weighted by Gasteiger charge is -2.09. The first-order chi connectivity index (χ1) is 7.58. The minimum Gasteiger partial charge on any atom is -0.385 e. The summed E-state index contributed by atoms with van der Waals surface area (Å²) in [5, 5.41) is 5.83. The van der Waals surface area contributed by atoms with Gasteiger partial charge in [-0.15, -0.1) is 0 Å². The maximum Gasteiger partial charge on any atom is 0.316 e. The Bertz CT molecular complexity index is 333. The SMILES string of the molecule is CC(C)CCNc1ccc(NC(N)=O)cc1. The molecule has 2 amide bonds. The van der Waals surface area contributed by atoms with Crippen LogP contribution in [0.15, 0.2) is 24.3 Å². The van der Waals surface area contributed by atoms with Crippen molar-refractivity contribution in [1.29, 1.82) is 0 Å². The highest BCUT2D eigenvalue weighted by Crippen LogP contribution is 2.13. The quantitative estimate of drug-likeness (QED) is 0.715. The first-order valence-electron chi connectivity index (χ1n) is 5.48. The molecule has 0 bridgehead atoms. The Kier molecular flexibility index (Phi) is 4.64. The zero-order valence-electron chi connectivity index (χ0n) is 9.79. The topological polar surface area (TPSA) is 67.2 Å². The number of amides is 2. The molecule has 0 fully saturated rings. The van der Waals surface area contributed by atoms with Crippen LogP contribution >= 0.6 is 0 Å². The van der Waals surface area contributed by atoms with E-state index >= 15 is 0 Å². The maximum absolute atomic E-state index is 10.6. The number of anilines is 2. The zero-order chi connectivity index (χ0) is 12.0. The van der Waals surface area contributed by atoms with Gasteiger partial charge in [-0.05, 0) is 36.6 Å². The molecule has 0 radical (unpaired) electrons. The third-order valence-electron chi connectivity index (χ3n) is 2.20. The van der Waals surface area contributed by atoms with Crippen molar-refractivity contribution >= 4 is 17.4 Å². The van der Waals surface area contributed by atoms with Crippen LogP contribution in [0, 0.1) is 5.92 Å². The van der Waals surface area contributed by atoms with E-state index in [0.29, 0.717) is 11.6 Å². The molecule has 4 nitrogen and oxygen atoms in total. The van der Waals surface area contributed by atoms with Gasteiger partial charge in [0, 0.05) is 17.9 Å². The lowest BCUT2D eigenvalue weighted by molar-refractivity contribution is 0.259. The van der Waals surface area contributed by atoms with E-state index in [0.717, 1.165) is 18.7 Å². The Balaban J connectivity index is 2.42. The van der Waals surface area contributed by atoms with Crippen molar-refractivity contribution in [2.75, 3.05) is 17.2 Å². The van der Waals surface area contributed by atoms with Gasteiger partial charge in [-0.25, -0.2) is 4.79 Å². The zero-order valence-corrected chi connectivity index (χ0v) is 9.79. The summed E-state index contributed by atoms with van der Waals surface area (Å²) in [5.41, 5.74) is 6.77. The van der Waals surface area contributed by atoms with Crippen molar-refractivity contribution in [2.24, 2.45) is 11.7 Å². The summed E-state index contributed by atoms with van der Waals surface area (Å²) in [4.78, 5) is 10.6. The van der Waals surface area contributed by atoms with Crippen LogP contribution < -0.4 is 16.4 Å². The molecule has 16 heavy (non-hydrogen) atoms. The summed E-state index contributed by atoms with van der Waals surface area (Å²) in [6.45, 7) is 5.35. The summed E-state index contributed by atoms with van der Waals surface area (Å²) in [7, 11) is 0. The Morgan fingerprint density at radius 3 is 2.31 bits per heavy atom. The third-order valence-corrected chi connectivity index (χ3v) is 2.20. The summed E-state index contributed by atoms with van der Waals surface area (Å²) in [5.74, 6) is 0.698. The molecule has 88 valence electrons. The highest BCUT2D eigenvalue weighted by atomic mass is 16.2. The van der Waals surface area contributed by atoms with Gasteiger partial charge in [0.25, 0.3) is 0 Å². The Hall–Kier alpha value is -1.71. The summed E-state index contributed by atoms with van der Waals surface area (Å²) >= 11 is 0. The molecule has 0 spiro atoms. The van der Waals surface area contributed by atoms with E-state index in [2.05, 4.69) is 24.5 Å². The second-order valence-electron chi connectivity index (χ2n) is 4.18. The number of carbonyl (C=O) groups excluding carboxylic acids is 1. The predicted octanol–water partition coefficient (Wildman–Crippen LogP) is 2.64. The molecule has 1 rings (SSSR count).